The van der Waals surface area contributed by atoms with Crippen LogP contribution in [0.15, 0.2) is 48.5 Å². The first kappa shape index (κ1) is 25.4. The maximum absolute atomic E-state index is 6.48. The summed E-state index contributed by atoms with van der Waals surface area (Å²) in [6, 6.07) is 14.4. The van der Waals surface area contributed by atoms with Gasteiger partial charge in [-0.3, -0.25) is 0 Å². The van der Waals surface area contributed by atoms with Crippen molar-refractivity contribution in [1.82, 2.24) is 0 Å². The molecule has 0 saturated heterocycles. The van der Waals surface area contributed by atoms with E-state index in [1.807, 2.05) is 30.3 Å². The third-order valence-corrected chi connectivity index (χ3v) is 6.74. The van der Waals surface area contributed by atoms with E-state index in [1.54, 1.807) is 0 Å². The third kappa shape index (κ3) is 6.86. The van der Waals surface area contributed by atoms with Gasteiger partial charge in [-0.2, -0.15) is 0 Å². The van der Waals surface area contributed by atoms with Gasteiger partial charge in [-0.1, -0.05) is 77.5 Å². The maximum atomic E-state index is 6.48. The Kier molecular flexibility index (Phi) is 9.87. The van der Waals surface area contributed by atoms with E-state index < -0.39 is 0 Å². The summed E-state index contributed by atoms with van der Waals surface area (Å²) in [7, 11) is 0. The molecule has 3 unspecified atom stereocenters. The minimum absolute atomic E-state index is 0.256. The van der Waals surface area contributed by atoms with Crippen LogP contribution in [-0.2, 0) is 11.2 Å². The van der Waals surface area contributed by atoms with Gasteiger partial charge in [0, 0.05) is 17.9 Å². The Morgan fingerprint density at radius 1 is 0.909 bits per heavy atom. The number of hydrogen-bond acceptors (Lipinski definition) is 3. The van der Waals surface area contributed by atoms with Crippen molar-refractivity contribution < 1.29 is 14.2 Å². The SMILES string of the molecule is CCC(C)C(CC)c1ccc(OC(OCCCOc2ccccc2)C(C)C)c2c1CCC=C2. The van der Waals surface area contributed by atoms with E-state index in [-0.39, 0.29) is 12.2 Å². The molecule has 0 bridgehead atoms. The van der Waals surface area contributed by atoms with Crippen LogP contribution in [0.3, 0.4) is 0 Å². The minimum atomic E-state index is -0.275. The molecule has 1 aliphatic carbocycles. The van der Waals surface area contributed by atoms with Crippen molar-refractivity contribution in [2.45, 2.75) is 78.9 Å². The van der Waals surface area contributed by atoms with Crippen LogP contribution in [0, 0.1) is 11.8 Å². The highest BCUT2D eigenvalue weighted by Gasteiger charge is 2.25. The first-order valence-corrected chi connectivity index (χ1v) is 12.8. The van der Waals surface area contributed by atoms with Gasteiger partial charge in [0.25, 0.3) is 0 Å². The topological polar surface area (TPSA) is 27.7 Å². The molecule has 0 aliphatic heterocycles. The summed E-state index contributed by atoms with van der Waals surface area (Å²) >= 11 is 0. The van der Waals surface area contributed by atoms with Crippen LogP contribution in [0.5, 0.6) is 11.5 Å². The largest absolute Gasteiger partial charge is 0.494 e. The maximum Gasteiger partial charge on any atom is 0.202 e. The second-order valence-corrected chi connectivity index (χ2v) is 9.50. The Labute approximate surface area is 201 Å². The summed E-state index contributed by atoms with van der Waals surface area (Å²) in [5.74, 6) is 3.39. The zero-order chi connectivity index (χ0) is 23.6. The lowest BCUT2D eigenvalue weighted by Crippen LogP contribution is -2.28. The quantitative estimate of drug-likeness (QED) is 0.228. The number of allylic oxidation sites excluding steroid dienone is 1. The fourth-order valence-corrected chi connectivity index (χ4v) is 4.67. The summed E-state index contributed by atoms with van der Waals surface area (Å²) in [6.45, 7) is 12.5. The van der Waals surface area contributed by atoms with Gasteiger partial charge in [0.15, 0.2) is 0 Å². The summed E-state index contributed by atoms with van der Waals surface area (Å²) in [4.78, 5) is 0. The molecule has 0 heterocycles. The fourth-order valence-electron chi connectivity index (χ4n) is 4.67. The first-order chi connectivity index (χ1) is 16.0. The molecule has 0 radical (unpaired) electrons. The molecule has 0 aromatic heterocycles. The average Bonchev–Trinajstić information content (AvgIpc) is 2.84. The van der Waals surface area contributed by atoms with Crippen LogP contribution >= 0.6 is 0 Å². The minimum Gasteiger partial charge on any atom is -0.494 e. The summed E-state index contributed by atoms with van der Waals surface area (Å²) in [6.07, 6.45) is 9.66. The lowest BCUT2D eigenvalue weighted by atomic mass is 9.78. The second kappa shape index (κ2) is 12.8. The van der Waals surface area contributed by atoms with Crippen molar-refractivity contribution in [2.24, 2.45) is 11.8 Å². The zero-order valence-electron chi connectivity index (χ0n) is 21.2. The second-order valence-electron chi connectivity index (χ2n) is 9.50. The van der Waals surface area contributed by atoms with Gasteiger partial charge in [-0.15, -0.1) is 0 Å². The number of benzene rings is 2. The molecule has 3 atom stereocenters. The smallest absolute Gasteiger partial charge is 0.202 e. The Morgan fingerprint density at radius 3 is 2.39 bits per heavy atom. The molecule has 3 heteroatoms. The van der Waals surface area contributed by atoms with Crippen molar-refractivity contribution in [3.63, 3.8) is 0 Å². The predicted molar refractivity (Wildman–Crippen MR) is 138 cm³/mol. The Balaban J connectivity index is 1.66. The van der Waals surface area contributed by atoms with E-state index in [0.717, 1.165) is 30.8 Å². The normalized spacial score (nSPS) is 15.7. The number of para-hydroxylation sites is 1. The molecule has 2 aromatic rings. The molecule has 0 amide bonds. The number of rotatable bonds is 13. The lowest BCUT2D eigenvalue weighted by Gasteiger charge is -2.29. The highest BCUT2D eigenvalue weighted by Crippen LogP contribution is 2.39. The van der Waals surface area contributed by atoms with Crippen molar-refractivity contribution in [3.8, 4) is 11.5 Å². The molecule has 1 aliphatic rings. The summed E-state index contributed by atoms with van der Waals surface area (Å²) in [5, 5.41) is 0. The van der Waals surface area contributed by atoms with Gasteiger partial charge in [0.05, 0.1) is 13.2 Å². The fraction of sp³-hybridized carbons (Fsp3) is 0.533. The van der Waals surface area contributed by atoms with Crippen LogP contribution in [0.25, 0.3) is 6.08 Å². The van der Waals surface area contributed by atoms with E-state index in [0.29, 0.717) is 25.0 Å². The van der Waals surface area contributed by atoms with Gasteiger partial charge in [-0.05, 0) is 60.4 Å². The van der Waals surface area contributed by atoms with Gasteiger partial charge in [0.1, 0.15) is 11.5 Å². The van der Waals surface area contributed by atoms with Crippen molar-refractivity contribution in [3.05, 3.63) is 65.2 Å². The molecule has 0 saturated carbocycles. The van der Waals surface area contributed by atoms with Gasteiger partial charge in [-0.25, -0.2) is 0 Å². The molecule has 33 heavy (non-hydrogen) atoms. The highest BCUT2D eigenvalue weighted by atomic mass is 16.7. The van der Waals surface area contributed by atoms with E-state index in [4.69, 9.17) is 14.2 Å². The predicted octanol–water partition coefficient (Wildman–Crippen LogP) is 8.03. The molecule has 2 aromatic carbocycles. The lowest BCUT2D eigenvalue weighted by molar-refractivity contribution is -0.109. The average molecular weight is 451 g/mol. The Bertz CT molecular complexity index is 872. The number of fused-ring (bicyclic) bond motifs is 1. The van der Waals surface area contributed by atoms with E-state index in [2.05, 4.69) is 58.9 Å². The zero-order valence-corrected chi connectivity index (χ0v) is 21.2. The third-order valence-electron chi connectivity index (χ3n) is 6.74. The molecular formula is C30H42O3. The number of hydrogen-bond donors (Lipinski definition) is 0. The van der Waals surface area contributed by atoms with E-state index in [1.165, 1.54) is 29.5 Å². The van der Waals surface area contributed by atoms with E-state index in [9.17, 15) is 0 Å². The van der Waals surface area contributed by atoms with Crippen LogP contribution in [0.4, 0.5) is 0 Å². The van der Waals surface area contributed by atoms with Gasteiger partial charge >= 0.3 is 0 Å². The van der Waals surface area contributed by atoms with Crippen LogP contribution in [0.2, 0.25) is 0 Å². The summed E-state index contributed by atoms with van der Waals surface area (Å²) in [5.41, 5.74) is 4.24. The van der Waals surface area contributed by atoms with E-state index >= 15 is 0 Å². The Hall–Kier alpha value is -2.26. The molecule has 0 N–H and O–H groups in total. The monoisotopic (exact) mass is 450 g/mol. The molecular weight excluding hydrogens is 408 g/mol. The summed E-state index contributed by atoms with van der Waals surface area (Å²) < 4.78 is 18.4. The van der Waals surface area contributed by atoms with Crippen LogP contribution < -0.4 is 9.47 Å². The van der Waals surface area contributed by atoms with Crippen LogP contribution in [0.1, 0.15) is 82.9 Å². The van der Waals surface area contributed by atoms with Gasteiger partial charge < -0.3 is 14.2 Å². The molecule has 3 nitrogen and oxygen atoms in total. The van der Waals surface area contributed by atoms with Crippen LogP contribution in [-0.4, -0.2) is 19.5 Å². The molecule has 180 valence electrons. The highest BCUT2D eigenvalue weighted by molar-refractivity contribution is 5.65. The molecule has 0 fully saturated rings. The molecule has 0 spiro atoms. The molecule has 3 rings (SSSR count). The Morgan fingerprint density at radius 2 is 1.70 bits per heavy atom. The van der Waals surface area contributed by atoms with Crippen molar-refractivity contribution in [2.75, 3.05) is 13.2 Å². The standard InChI is InChI=1S/C30H42O3/c1-6-23(5)25(7-2)27-18-19-29(28-17-12-11-16-26(27)28)33-30(22(3)4)32-21-13-20-31-24-14-9-8-10-15-24/h8-10,12,14-15,17-19,22-23,25,30H,6-7,11,13,16,20-21H2,1-5H3. The first-order valence-electron chi connectivity index (χ1n) is 12.8. The van der Waals surface area contributed by atoms with Crippen molar-refractivity contribution >= 4 is 6.08 Å². The number of ether oxygens (including phenoxy) is 3. The van der Waals surface area contributed by atoms with Crippen molar-refractivity contribution in [1.29, 1.82) is 0 Å². The van der Waals surface area contributed by atoms with Gasteiger partial charge in [0.2, 0.25) is 6.29 Å².